The van der Waals surface area contributed by atoms with E-state index in [4.69, 9.17) is 0 Å². The zero-order valence-corrected chi connectivity index (χ0v) is 20.3. The summed E-state index contributed by atoms with van der Waals surface area (Å²) in [4.78, 5) is 12.5. The molecule has 1 aromatic heterocycles. The van der Waals surface area contributed by atoms with E-state index in [0.717, 1.165) is 17.7 Å². The third-order valence-corrected chi connectivity index (χ3v) is 6.13. The van der Waals surface area contributed by atoms with Gasteiger partial charge in [0.15, 0.2) is 0 Å². The third-order valence-electron chi connectivity index (χ3n) is 6.13. The molecular weight excluding hydrogens is 380 g/mol. The van der Waals surface area contributed by atoms with Crippen molar-refractivity contribution in [2.45, 2.75) is 79.1 Å². The molecule has 0 bridgehead atoms. The quantitative estimate of drug-likeness (QED) is 0.298. The number of hydrogen-bond donors (Lipinski definition) is 0. The van der Waals surface area contributed by atoms with Crippen LogP contribution in [0.1, 0.15) is 112 Å². The monoisotopic (exact) mass is 417 g/mol. The number of carbonyl (C=O) groups is 1. The Kier molecular flexibility index (Phi) is 6.83. The summed E-state index contributed by atoms with van der Waals surface area (Å²) in [6.45, 7) is 17.7. The lowest BCUT2D eigenvalue weighted by atomic mass is 9.92. The minimum atomic E-state index is 0.359. The second-order valence-electron chi connectivity index (χ2n) is 9.70. The maximum Gasteiger partial charge on any atom is 0.332 e. The summed E-state index contributed by atoms with van der Waals surface area (Å²) in [6.07, 6.45) is 5.11. The minimum Gasteiger partial charge on any atom is -0.289 e. The average molecular weight is 418 g/mol. The van der Waals surface area contributed by atoms with Crippen molar-refractivity contribution in [2.24, 2.45) is 0 Å². The van der Waals surface area contributed by atoms with Crippen LogP contribution in [0, 0.1) is 0 Å². The lowest BCUT2D eigenvalue weighted by Crippen LogP contribution is -2.37. The minimum absolute atomic E-state index is 0.359. The first kappa shape index (κ1) is 23.0. The summed E-state index contributed by atoms with van der Waals surface area (Å²) in [5, 5.41) is 0. The standard InChI is InChI=1S/C28H37N2O/c1-18(2)22-11-9-12-23(19(3)4)27(22)29-15-16-30(26(29)17-31)28-24(20(5)6)13-10-14-25(28)21(7)8/h9-21H,1-8H3/q+1. The van der Waals surface area contributed by atoms with Gasteiger partial charge in [-0.1, -0.05) is 91.8 Å². The van der Waals surface area contributed by atoms with Crippen LogP contribution in [0.25, 0.3) is 11.4 Å². The number of rotatable bonds is 7. The zero-order chi connectivity index (χ0) is 22.9. The highest BCUT2D eigenvalue weighted by Gasteiger charge is 2.29. The van der Waals surface area contributed by atoms with Crippen molar-refractivity contribution in [3.63, 3.8) is 0 Å². The van der Waals surface area contributed by atoms with E-state index in [1.165, 1.54) is 22.3 Å². The average Bonchev–Trinajstić information content (AvgIpc) is 3.15. The van der Waals surface area contributed by atoms with Gasteiger partial charge in [-0.2, -0.15) is 9.13 Å². The van der Waals surface area contributed by atoms with E-state index >= 15 is 0 Å². The number of nitrogens with zero attached hydrogens (tertiary/aromatic N) is 2. The number of carbonyl (C=O) groups excluding carboxylic acids is 1. The summed E-state index contributed by atoms with van der Waals surface area (Å²) < 4.78 is 4.19. The van der Waals surface area contributed by atoms with Crippen molar-refractivity contribution in [1.82, 2.24) is 4.57 Å². The first-order valence-electron chi connectivity index (χ1n) is 11.5. The van der Waals surface area contributed by atoms with E-state index in [0.29, 0.717) is 29.5 Å². The second kappa shape index (κ2) is 9.21. The molecule has 3 aromatic rings. The summed E-state index contributed by atoms with van der Waals surface area (Å²) >= 11 is 0. The molecule has 0 saturated heterocycles. The van der Waals surface area contributed by atoms with Gasteiger partial charge >= 0.3 is 5.82 Å². The molecule has 0 N–H and O–H groups in total. The topological polar surface area (TPSA) is 25.9 Å². The van der Waals surface area contributed by atoms with Gasteiger partial charge in [0.05, 0.1) is 0 Å². The van der Waals surface area contributed by atoms with Gasteiger partial charge in [0.2, 0.25) is 6.29 Å². The van der Waals surface area contributed by atoms with Crippen LogP contribution in [0.4, 0.5) is 0 Å². The Hall–Kier alpha value is -2.68. The van der Waals surface area contributed by atoms with Gasteiger partial charge in [-0.3, -0.25) is 4.79 Å². The maximum absolute atomic E-state index is 12.5. The van der Waals surface area contributed by atoms with Gasteiger partial charge < -0.3 is 0 Å². The fourth-order valence-electron chi connectivity index (χ4n) is 4.47. The SMILES string of the molecule is CC(C)c1cccc(C(C)C)c1-n1cc[n+](-c2c(C(C)C)cccc2C(C)C)c1C=O. The van der Waals surface area contributed by atoms with Crippen LogP contribution >= 0.6 is 0 Å². The van der Waals surface area contributed by atoms with Crippen molar-refractivity contribution in [3.8, 4) is 11.4 Å². The van der Waals surface area contributed by atoms with Crippen LogP contribution in [0.5, 0.6) is 0 Å². The van der Waals surface area contributed by atoms with Gasteiger partial charge in [-0.15, -0.1) is 0 Å². The van der Waals surface area contributed by atoms with Crippen LogP contribution in [-0.4, -0.2) is 10.9 Å². The molecule has 0 aliphatic rings. The molecule has 3 heteroatoms. The largest absolute Gasteiger partial charge is 0.332 e. The molecule has 0 atom stereocenters. The van der Waals surface area contributed by atoms with Crippen molar-refractivity contribution < 1.29 is 9.36 Å². The molecule has 0 unspecified atom stereocenters. The van der Waals surface area contributed by atoms with Gasteiger partial charge in [0.1, 0.15) is 23.8 Å². The van der Waals surface area contributed by atoms with E-state index in [1.54, 1.807) is 0 Å². The van der Waals surface area contributed by atoms with Gasteiger partial charge in [-0.25, -0.2) is 0 Å². The van der Waals surface area contributed by atoms with E-state index in [1.807, 2.05) is 0 Å². The zero-order valence-electron chi connectivity index (χ0n) is 20.3. The molecule has 0 aliphatic heterocycles. The number of para-hydroxylation sites is 2. The molecule has 0 radical (unpaired) electrons. The van der Waals surface area contributed by atoms with Crippen molar-refractivity contribution in [3.05, 3.63) is 76.9 Å². The summed E-state index contributed by atoms with van der Waals surface area (Å²) in [5.41, 5.74) is 7.33. The van der Waals surface area contributed by atoms with Crippen molar-refractivity contribution in [1.29, 1.82) is 0 Å². The summed E-state index contributed by atoms with van der Waals surface area (Å²) in [6, 6.07) is 13.0. The molecule has 0 amide bonds. The van der Waals surface area contributed by atoms with Crippen molar-refractivity contribution >= 4 is 6.29 Å². The fraction of sp³-hybridized carbons (Fsp3) is 0.429. The molecule has 31 heavy (non-hydrogen) atoms. The number of hydrogen-bond acceptors (Lipinski definition) is 1. The first-order valence-corrected chi connectivity index (χ1v) is 11.5. The second-order valence-corrected chi connectivity index (χ2v) is 9.70. The Morgan fingerprint density at radius 2 is 1.13 bits per heavy atom. The molecule has 0 fully saturated rings. The number of imidazole rings is 1. The van der Waals surface area contributed by atoms with E-state index < -0.39 is 0 Å². The smallest absolute Gasteiger partial charge is 0.289 e. The van der Waals surface area contributed by atoms with Crippen LogP contribution in [0.3, 0.4) is 0 Å². The number of aldehydes is 1. The molecule has 0 aliphatic carbocycles. The lowest BCUT2D eigenvalue weighted by Gasteiger charge is -2.18. The molecular formula is C28H37N2O+. The van der Waals surface area contributed by atoms with E-state index in [9.17, 15) is 4.79 Å². The molecule has 3 rings (SSSR count). The molecule has 2 aromatic carbocycles. The van der Waals surface area contributed by atoms with E-state index in [-0.39, 0.29) is 0 Å². The predicted octanol–water partition coefficient (Wildman–Crippen LogP) is 7.06. The molecule has 0 spiro atoms. The normalized spacial score (nSPS) is 11.9. The Bertz CT molecular complexity index is 937. The Labute approximate surface area is 187 Å². The van der Waals surface area contributed by atoms with Gasteiger partial charge in [0.25, 0.3) is 0 Å². The van der Waals surface area contributed by atoms with Crippen LogP contribution in [0.2, 0.25) is 0 Å². The molecule has 1 heterocycles. The van der Waals surface area contributed by atoms with Crippen LogP contribution in [-0.2, 0) is 0 Å². The van der Waals surface area contributed by atoms with Crippen LogP contribution < -0.4 is 4.57 Å². The van der Waals surface area contributed by atoms with Crippen LogP contribution in [0.15, 0.2) is 48.8 Å². The highest BCUT2D eigenvalue weighted by atomic mass is 16.1. The first-order chi connectivity index (χ1) is 14.7. The summed E-state index contributed by atoms with van der Waals surface area (Å²) in [7, 11) is 0. The maximum atomic E-state index is 12.5. The summed E-state index contributed by atoms with van der Waals surface area (Å²) in [5.74, 6) is 2.10. The molecule has 0 saturated carbocycles. The van der Waals surface area contributed by atoms with Gasteiger partial charge in [-0.05, 0) is 23.7 Å². The highest BCUT2D eigenvalue weighted by molar-refractivity contribution is 5.70. The Balaban J connectivity index is 2.38. The van der Waals surface area contributed by atoms with E-state index in [2.05, 4.69) is 113 Å². The molecule has 164 valence electrons. The predicted molar refractivity (Wildman–Crippen MR) is 129 cm³/mol. The Morgan fingerprint density at radius 3 is 1.52 bits per heavy atom. The Morgan fingerprint density at radius 1 is 0.710 bits per heavy atom. The molecule has 3 nitrogen and oxygen atoms in total. The van der Waals surface area contributed by atoms with Crippen molar-refractivity contribution in [2.75, 3.05) is 0 Å². The number of benzene rings is 2. The van der Waals surface area contributed by atoms with Gasteiger partial charge in [0, 0.05) is 22.3 Å². The lowest BCUT2D eigenvalue weighted by molar-refractivity contribution is -0.597. The third kappa shape index (κ3) is 4.23. The fourth-order valence-corrected chi connectivity index (χ4v) is 4.47. The highest BCUT2D eigenvalue weighted by Crippen LogP contribution is 2.33. The number of aromatic nitrogens is 2.